The molecule has 1 aromatic rings. The Morgan fingerprint density at radius 2 is 2.00 bits per heavy atom. The Kier molecular flexibility index (Phi) is 5.78. The van der Waals surface area contributed by atoms with Gasteiger partial charge in [0.2, 0.25) is 0 Å². The van der Waals surface area contributed by atoms with Crippen LogP contribution in [0.2, 0.25) is 0 Å². The van der Waals surface area contributed by atoms with E-state index in [0.717, 1.165) is 38.5 Å². The summed E-state index contributed by atoms with van der Waals surface area (Å²) >= 11 is 0. The van der Waals surface area contributed by atoms with E-state index in [2.05, 4.69) is 4.90 Å². The van der Waals surface area contributed by atoms with Gasteiger partial charge in [-0.05, 0) is 19.9 Å². The SMILES string of the molecule is Cc1cc(C(=O)N2CCN(CCOCCO)CC2)c(C)o1. The molecule has 0 saturated carbocycles. The average molecular weight is 296 g/mol. The number of nitrogens with zero attached hydrogens (tertiary/aromatic N) is 2. The van der Waals surface area contributed by atoms with Crippen molar-refractivity contribution in [3.05, 3.63) is 23.2 Å². The number of rotatable bonds is 6. The summed E-state index contributed by atoms with van der Waals surface area (Å²) in [4.78, 5) is 16.6. The molecule has 1 N–H and O–H groups in total. The molecule has 118 valence electrons. The highest BCUT2D eigenvalue weighted by molar-refractivity contribution is 5.95. The van der Waals surface area contributed by atoms with Crippen molar-refractivity contribution in [2.45, 2.75) is 13.8 Å². The van der Waals surface area contributed by atoms with Gasteiger partial charge in [0.25, 0.3) is 5.91 Å². The molecule has 1 amide bonds. The molecular weight excluding hydrogens is 272 g/mol. The van der Waals surface area contributed by atoms with E-state index in [9.17, 15) is 4.79 Å². The standard InChI is InChI=1S/C15H24N2O4/c1-12-11-14(13(2)21-12)15(19)17-5-3-16(4-6-17)7-9-20-10-8-18/h11,18H,3-10H2,1-2H3. The molecule has 0 bridgehead atoms. The first-order valence-electron chi connectivity index (χ1n) is 7.39. The molecule has 0 aliphatic carbocycles. The zero-order chi connectivity index (χ0) is 15.2. The smallest absolute Gasteiger partial charge is 0.257 e. The van der Waals surface area contributed by atoms with Gasteiger partial charge < -0.3 is 19.2 Å². The van der Waals surface area contributed by atoms with Gasteiger partial charge in [0.05, 0.1) is 25.4 Å². The van der Waals surface area contributed by atoms with Crippen LogP contribution in [0.3, 0.4) is 0 Å². The van der Waals surface area contributed by atoms with Crippen LogP contribution >= 0.6 is 0 Å². The van der Waals surface area contributed by atoms with E-state index in [-0.39, 0.29) is 12.5 Å². The van der Waals surface area contributed by atoms with Crippen molar-refractivity contribution in [3.63, 3.8) is 0 Å². The summed E-state index contributed by atoms with van der Waals surface area (Å²) in [6.45, 7) is 8.74. The third-order valence-electron chi connectivity index (χ3n) is 3.72. The van der Waals surface area contributed by atoms with Crippen molar-refractivity contribution >= 4 is 5.91 Å². The third kappa shape index (κ3) is 4.30. The first-order valence-corrected chi connectivity index (χ1v) is 7.39. The van der Waals surface area contributed by atoms with E-state index in [1.54, 1.807) is 0 Å². The first-order chi connectivity index (χ1) is 10.1. The number of hydrogen-bond acceptors (Lipinski definition) is 5. The number of furan rings is 1. The van der Waals surface area contributed by atoms with Gasteiger partial charge in [-0.2, -0.15) is 0 Å². The average Bonchev–Trinajstić information content (AvgIpc) is 2.82. The molecule has 0 atom stereocenters. The predicted octanol–water partition coefficient (Wildman–Crippen LogP) is 0.663. The Balaban J connectivity index is 1.78. The van der Waals surface area contributed by atoms with Gasteiger partial charge in [-0.25, -0.2) is 0 Å². The number of carbonyl (C=O) groups is 1. The van der Waals surface area contributed by atoms with E-state index in [1.165, 1.54) is 0 Å². The lowest BCUT2D eigenvalue weighted by atomic mass is 10.2. The second kappa shape index (κ2) is 7.59. The number of aryl methyl sites for hydroxylation is 2. The number of amides is 1. The number of aliphatic hydroxyl groups excluding tert-OH is 1. The van der Waals surface area contributed by atoms with Crippen LogP contribution in [0.5, 0.6) is 0 Å². The maximum atomic E-state index is 12.4. The Bertz CT molecular complexity index is 464. The number of ether oxygens (including phenoxy) is 1. The molecule has 2 heterocycles. The molecule has 0 unspecified atom stereocenters. The van der Waals surface area contributed by atoms with E-state index in [4.69, 9.17) is 14.3 Å². The monoisotopic (exact) mass is 296 g/mol. The Morgan fingerprint density at radius 1 is 1.29 bits per heavy atom. The van der Waals surface area contributed by atoms with Gasteiger partial charge in [0, 0.05) is 32.7 Å². The van der Waals surface area contributed by atoms with Gasteiger partial charge in [0.15, 0.2) is 0 Å². The molecule has 6 heteroatoms. The lowest BCUT2D eigenvalue weighted by Crippen LogP contribution is -2.49. The molecular formula is C15H24N2O4. The number of hydrogen-bond donors (Lipinski definition) is 1. The molecule has 1 fully saturated rings. The molecule has 0 aromatic carbocycles. The van der Waals surface area contributed by atoms with Gasteiger partial charge >= 0.3 is 0 Å². The lowest BCUT2D eigenvalue weighted by molar-refractivity contribution is 0.0485. The molecule has 1 aliphatic heterocycles. The fourth-order valence-corrected chi connectivity index (χ4v) is 2.55. The number of piperazine rings is 1. The van der Waals surface area contributed by atoms with E-state index >= 15 is 0 Å². The second-order valence-electron chi connectivity index (χ2n) is 5.30. The summed E-state index contributed by atoms with van der Waals surface area (Å²) in [6.07, 6.45) is 0. The van der Waals surface area contributed by atoms with Crippen LogP contribution in [-0.4, -0.2) is 73.4 Å². The minimum atomic E-state index is 0.0560. The Hall–Kier alpha value is -1.37. The van der Waals surface area contributed by atoms with Crippen molar-refractivity contribution in [3.8, 4) is 0 Å². The fraction of sp³-hybridized carbons (Fsp3) is 0.667. The van der Waals surface area contributed by atoms with E-state index in [1.807, 2.05) is 24.8 Å². The molecule has 0 radical (unpaired) electrons. The maximum absolute atomic E-state index is 12.4. The van der Waals surface area contributed by atoms with Crippen LogP contribution in [0.15, 0.2) is 10.5 Å². The van der Waals surface area contributed by atoms with Crippen molar-refractivity contribution in [1.29, 1.82) is 0 Å². The zero-order valence-electron chi connectivity index (χ0n) is 12.8. The fourth-order valence-electron chi connectivity index (χ4n) is 2.55. The molecule has 1 saturated heterocycles. The second-order valence-corrected chi connectivity index (χ2v) is 5.30. The summed E-state index contributed by atoms with van der Waals surface area (Å²) in [6, 6.07) is 1.81. The van der Waals surface area contributed by atoms with Crippen molar-refractivity contribution < 1.29 is 19.1 Å². The van der Waals surface area contributed by atoms with Crippen molar-refractivity contribution in [2.75, 3.05) is 52.5 Å². The van der Waals surface area contributed by atoms with Gasteiger partial charge in [-0.1, -0.05) is 0 Å². The highest BCUT2D eigenvalue weighted by Crippen LogP contribution is 2.17. The van der Waals surface area contributed by atoms with Crippen LogP contribution in [0.4, 0.5) is 0 Å². The molecule has 0 spiro atoms. The molecule has 6 nitrogen and oxygen atoms in total. The van der Waals surface area contributed by atoms with Gasteiger partial charge in [-0.3, -0.25) is 9.69 Å². The maximum Gasteiger partial charge on any atom is 0.257 e. The number of aliphatic hydroxyl groups is 1. The topological polar surface area (TPSA) is 66.2 Å². The minimum Gasteiger partial charge on any atom is -0.466 e. The highest BCUT2D eigenvalue weighted by Gasteiger charge is 2.24. The minimum absolute atomic E-state index is 0.0560. The van der Waals surface area contributed by atoms with Gasteiger partial charge in [0.1, 0.15) is 11.5 Å². The van der Waals surface area contributed by atoms with Crippen LogP contribution in [0.1, 0.15) is 21.9 Å². The third-order valence-corrected chi connectivity index (χ3v) is 3.72. The van der Waals surface area contributed by atoms with Crippen LogP contribution in [0.25, 0.3) is 0 Å². The summed E-state index contributed by atoms with van der Waals surface area (Å²) < 4.78 is 10.7. The molecule has 1 aromatic heterocycles. The highest BCUT2D eigenvalue weighted by atomic mass is 16.5. The zero-order valence-corrected chi connectivity index (χ0v) is 12.8. The Morgan fingerprint density at radius 3 is 2.57 bits per heavy atom. The lowest BCUT2D eigenvalue weighted by Gasteiger charge is -2.34. The van der Waals surface area contributed by atoms with Crippen LogP contribution < -0.4 is 0 Å². The van der Waals surface area contributed by atoms with Crippen molar-refractivity contribution in [2.24, 2.45) is 0 Å². The van der Waals surface area contributed by atoms with Crippen LogP contribution in [0, 0.1) is 13.8 Å². The first kappa shape index (κ1) is 16.0. The normalized spacial score (nSPS) is 16.4. The summed E-state index contributed by atoms with van der Waals surface area (Å²) in [5.74, 6) is 1.52. The summed E-state index contributed by atoms with van der Waals surface area (Å²) in [7, 11) is 0. The predicted molar refractivity (Wildman–Crippen MR) is 78.4 cm³/mol. The van der Waals surface area contributed by atoms with Gasteiger partial charge in [-0.15, -0.1) is 0 Å². The van der Waals surface area contributed by atoms with E-state index < -0.39 is 0 Å². The summed E-state index contributed by atoms with van der Waals surface area (Å²) in [5, 5.41) is 8.64. The van der Waals surface area contributed by atoms with Crippen LogP contribution in [-0.2, 0) is 4.74 Å². The quantitative estimate of drug-likeness (QED) is 0.781. The largest absolute Gasteiger partial charge is 0.466 e. The molecule has 2 rings (SSSR count). The van der Waals surface area contributed by atoms with Crippen molar-refractivity contribution in [1.82, 2.24) is 9.80 Å². The number of carbonyl (C=O) groups excluding carboxylic acids is 1. The Labute approximate surface area is 125 Å². The molecule has 1 aliphatic rings. The molecule has 21 heavy (non-hydrogen) atoms. The van der Waals surface area contributed by atoms with E-state index in [0.29, 0.717) is 24.5 Å². The summed E-state index contributed by atoms with van der Waals surface area (Å²) in [5.41, 5.74) is 0.673.